The van der Waals surface area contributed by atoms with Crippen molar-refractivity contribution in [3.05, 3.63) is 44.1 Å². The number of alkyl halides is 2. The molecule has 0 radical (unpaired) electrons. The zero-order valence-corrected chi connectivity index (χ0v) is 11.5. The van der Waals surface area contributed by atoms with Crippen LogP contribution in [0.15, 0.2) is 16.9 Å². The Morgan fingerprint density at radius 2 is 1.84 bits per heavy atom. The highest BCUT2D eigenvalue weighted by Gasteiger charge is 2.19. The van der Waals surface area contributed by atoms with Crippen molar-refractivity contribution in [2.24, 2.45) is 0 Å². The third-order valence-corrected chi connectivity index (χ3v) is 3.34. The van der Waals surface area contributed by atoms with Crippen LogP contribution >= 0.6 is 23.2 Å². The van der Waals surface area contributed by atoms with Gasteiger partial charge in [0.05, 0.1) is 10.7 Å². The van der Waals surface area contributed by atoms with E-state index in [1.807, 2.05) is 0 Å². The van der Waals surface area contributed by atoms with Crippen LogP contribution in [0.3, 0.4) is 0 Å². The standard InChI is InChI=1S/C11H9Cl2F2N3O/c1-5-3-9(8(13)4-7(5)12)18-11(19)17(10(14)15)6(2)16-18/h3-4,10H,1-2H3. The van der Waals surface area contributed by atoms with Crippen molar-refractivity contribution in [1.29, 1.82) is 0 Å². The van der Waals surface area contributed by atoms with Crippen LogP contribution in [0.1, 0.15) is 17.9 Å². The molecule has 0 aliphatic rings. The molecule has 2 rings (SSSR count). The minimum atomic E-state index is -2.95. The summed E-state index contributed by atoms with van der Waals surface area (Å²) >= 11 is 11.9. The normalized spacial score (nSPS) is 11.3. The number of nitrogens with zero attached hydrogens (tertiary/aromatic N) is 3. The second kappa shape index (κ2) is 4.94. The van der Waals surface area contributed by atoms with Crippen molar-refractivity contribution >= 4 is 23.2 Å². The van der Waals surface area contributed by atoms with E-state index in [2.05, 4.69) is 5.10 Å². The molecule has 0 saturated carbocycles. The van der Waals surface area contributed by atoms with Gasteiger partial charge in [0.2, 0.25) is 0 Å². The van der Waals surface area contributed by atoms with Gasteiger partial charge < -0.3 is 0 Å². The molecule has 0 bridgehead atoms. The van der Waals surface area contributed by atoms with Crippen LogP contribution < -0.4 is 5.69 Å². The summed E-state index contributed by atoms with van der Waals surface area (Å²) in [4.78, 5) is 11.9. The Morgan fingerprint density at radius 1 is 1.21 bits per heavy atom. The molecule has 0 fully saturated rings. The number of hydrogen-bond acceptors (Lipinski definition) is 2. The number of rotatable bonds is 2. The average molecular weight is 308 g/mol. The smallest absolute Gasteiger partial charge is 0.245 e. The van der Waals surface area contributed by atoms with Gasteiger partial charge in [-0.1, -0.05) is 23.2 Å². The largest absolute Gasteiger partial charge is 0.355 e. The molecule has 8 heteroatoms. The number of aromatic nitrogens is 3. The van der Waals surface area contributed by atoms with Gasteiger partial charge in [-0.2, -0.15) is 13.5 Å². The Hall–Kier alpha value is -1.40. The van der Waals surface area contributed by atoms with E-state index in [9.17, 15) is 13.6 Å². The van der Waals surface area contributed by atoms with E-state index in [-0.39, 0.29) is 16.5 Å². The topological polar surface area (TPSA) is 39.8 Å². The summed E-state index contributed by atoms with van der Waals surface area (Å²) in [5.74, 6) is -0.0938. The van der Waals surface area contributed by atoms with Crippen LogP contribution in [0.5, 0.6) is 0 Å². The van der Waals surface area contributed by atoms with E-state index in [4.69, 9.17) is 23.2 Å². The highest BCUT2D eigenvalue weighted by molar-refractivity contribution is 6.36. The zero-order valence-electron chi connectivity index (χ0n) is 9.99. The van der Waals surface area contributed by atoms with Gasteiger partial charge in [0.1, 0.15) is 5.82 Å². The third kappa shape index (κ3) is 2.37. The van der Waals surface area contributed by atoms with Crippen molar-refractivity contribution in [2.45, 2.75) is 20.4 Å². The van der Waals surface area contributed by atoms with Crippen LogP contribution in [0.2, 0.25) is 10.0 Å². The van der Waals surface area contributed by atoms with Gasteiger partial charge in [0.25, 0.3) is 0 Å². The predicted molar refractivity (Wildman–Crippen MR) is 68.6 cm³/mol. The lowest BCUT2D eigenvalue weighted by Crippen LogP contribution is -2.25. The Morgan fingerprint density at radius 3 is 2.37 bits per heavy atom. The Labute approximate surface area is 117 Å². The van der Waals surface area contributed by atoms with Gasteiger partial charge in [0, 0.05) is 5.02 Å². The molecule has 0 atom stereocenters. The molecular formula is C11H9Cl2F2N3O. The van der Waals surface area contributed by atoms with Gasteiger partial charge in [-0.25, -0.2) is 9.36 Å². The molecule has 0 unspecified atom stereocenters. The molecule has 102 valence electrons. The molecule has 0 spiro atoms. The maximum absolute atomic E-state index is 12.7. The fourth-order valence-electron chi connectivity index (χ4n) is 1.66. The van der Waals surface area contributed by atoms with Gasteiger partial charge in [-0.3, -0.25) is 0 Å². The van der Waals surface area contributed by atoms with Crippen LogP contribution in [0.25, 0.3) is 5.69 Å². The summed E-state index contributed by atoms with van der Waals surface area (Å²) in [5, 5.41) is 4.38. The predicted octanol–water partition coefficient (Wildman–Crippen LogP) is 3.35. The Balaban J connectivity index is 2.70. The molecule has 0 aliphatic heterocycles. The van der Waals surface area contributed by atoms with Gasteiger partial charge in [-0.15, -0.1) is 5.10 Å². The van der Waals surface area contributed by atoms with E-state index in [0.29, 0.717) is 15.2 Å². The van der Waals surface area contributed by atoms with E-state index >= 15 is 0 Å². The highest BCUT2D eigenvalue weighted by Crippen LogP contribution is 2.26. The summed E-state index contributed by atoms with van der Waals surface area (Å²) in [6.07, 6.45) is 0. The molecule has 4 nitrogen and oxygen atoms in total. The lowest BCUT2D eigenvalue weighted by molar-refractivity contribution is 0.0640. The van der Waals surface area contributed by atoms with Crippen molar-refractivity contribution in [1.82, 2.24) is 14.3 Å². The first-order valence-corrected chi connectivity index (χ1v) is 6.01. The Bertz CT molecular complexity index is 694. The van der Waals surface area contributed by atoms with E-state index < -0.39 is 12.2 Å². The van der Waals surface area contributed by atoms with Crippen molar-refractivity contribution in [3.63, 3.8) is 0 Å². The van der Waals surface area contributed by atoms with Crippen molar-refractivity contribution < 1.29 is 8.78 Å². The van der Waals surface area contributed by atoms with Gasteiger partial charge >= 0.3 is 12.2 Å². The summed E-state index contributed by atoms with van der Waals surface area (Å²) in [6.45, 7) is 0.0821. The first-order chi connectivity index (χ1) is 8.82. The number of hydrogen-bond donors (Lipinski definition) is 0. The second-order valence-corrected chi connectivity index (χ2v) is 4.76. The number of halogens is 4. The SMILES string of the molecule is Cc1cc(-n2nc(C)n(C(F)F)c2=O)c(Cl)cc1Cl. The monoisotopic (exact) mass is 307 g/mol. The minimum absolute atomic E-state index is 0.0938. The molecule has 1 aromatic heterocycles. The van der Waals surface area contributed by atoms with Crippen molar-refractivity contribution in [3.8, 4) is 5.69 Å². The van der Waals surface area contributed by atoms with Crippen LogP contribution in [0.4, 0.5) is 8.78 Å². The first kappa shape index (κ1) is 14.0. The second-order valence-electron chi connectivity index (χ2n) is 3.94. The summed E-state index contributed by atoms with van der Waals surface area (Å²) in [7, 11) is 0. The highest BCUT2D eigenvalue weighted by atomic mass is 35.5. The molecule has 0 aliphatic carbocycles. The maximum Gasteiger partial charge on any atom is 0.355 e. The molecule has 0 amide bonds. The van der Waals surface area contributed by atoms with Gasteiger partial charge in [-0.05, 0) is 31.5 Å². The maximum atomic E-state index is 12.7. The average Bonchev–Trinajstić information content (AvgIpc) is 2.59. The molecule has 2 aromatic rings. The van der Waals surface area contributed by atoms with Crippen LogP contribution in [0, 0.1) is 13.8 Å². The van der Waals surface area contributed by atoms with E-state index in [0.717, 1.165) is 4.68 Å². The fourth-order valence-corrected chi connectivity index (χ4v) is 2.13. The molecule has 1 heterocycles. The van der Waals surface area contributed by atoms with Crippen LogP contribution in [-0.4, -0.2) is 14.3 Å². The lowest BCUT2D eigenvalue weighted by Gasteiger charge is -2.06. The molecular weight excluding hydrogens is 299 g/mol. The first-order valence-electron chi connectivity index (χ1n) is 5.25. The summed E-state index contributed by atoms with van der Waals surface area (Å²) in [6, 6.07) is 2.96. The number of aryl methyl sites for hydroxylation is 2. The lowest BCUT2D eigenvalue weighted by atomic mass is 10.2. The van der Waals surface area contributed by atoms with Crippen molar-refractivity contribution in [2.75, 3.05) is 0 Å². The van der Waals surface area contributed by atoms with Crippen LogP contribution in [-0.2, 0) is 0 Å². The quantitative estimate of drug-likeness (QED) is 0.853. The zero-order chi connectivity index (χ0) is 14.3. The Kier molecular flexibility index (Phi) is 3.64. The summed E-state index contributed by atoms with van der Waals surface area (Å²) < 4.78 is 26.6. The van der Waals surface area contributed by atoms with E-state index in [1.54, 1.807) is 6.92 Å². The minimum Gasteiger partial charge on any atom is -0.245 e. The van der Waals surface area contributed by atoms with Gasteiger partial charge in [0.15, 0.2) is 0 Å². The molecule has 19 heavy (non-hydrogen) atoms. The molecule has 0 saturated heterocycles. The number of benzene rings is 1. The summed E-state index contributed by atoms with van der Waals surface area (Å²) in [5.41, 5.74) is -0.0654. The fraction of sp³-hybridized carbons (Fsp3) is 0.273. The van der Waals surface area contributed by atoms with E-state index in [1.165, 1.54) is 19.1 Å². The molecule has 0 N–H and O–H groups in total. The molecule has 1 aromatic carbocycles. The third-order valence-electron chi connectivity index (χ3n) is 2.63.